The number of nitrogens with one attached hydrogen (secondary N) is 1. The fraction of sp³-hybridized carbons (Fsp3) is 0.364. The summed E-state index contributed by atoms with van der Waals surface area (Å²) >= 11 is 11.8. The van der Waals surface area contributed by atoms with Crippen molar-refractivity contribution in [2.75, 3.05) is 0 Å². The lowest BCUT2D eigenvalue weighted by molar-refractivity contribution is -0.123. The van der Waals surface area contributed by atoms with Gasteiger partial charge in [0, 0.05) is 16.6 Å². The number of nitrogens with two attached hydrogens (primary N) is 1. The van der Waals surface area contributed by atoms with Crippen LogP contribution in [0.3, 0.4) is 0 Å². The molecule has 3 N–H and O–H groups in total. The van der Waals surface area contributed by atoms with Crippen molar-refractivity contribution in [1.29, 1.82) is 0 Å². The minimum Gasteiger partial charge on any atom is -0.368 e. The third kappa shape index (κ3) is 3.37. The molecule has 0 saturated carbocycles. The maximum atomic E-state index is 11.1. The number of rotatable bonds is 4. The van der Waals surface area contributed by atoms with E-state index in [9.17, 15) is 4.79 Å². The summed E-state index contributed by atoms with van der Waals surface area (Å²) in [6, 6.07) is 5.19. The fourth-order valence-corrected chi connectivity index (χ4v) is 1.46. The molecule has 1 aromatic carbocycles. The molecular formula is C11H14Cl2N2O. The number of halogens is 2. The lowest BCUT2D eigenvalue weighted by atomic mass is 10.0. The van der Waals surface area contributed by atoms with Gasteiger partial charge in [0.25, 0.3) is 0 Å². The zero-order valence-corrected chi connectivity index (χ0v) is 10.7. The molecule has 0 fully saturated rings. The van der Waals surface area contributed by atoms with Crippen molar-refractivity contribution in [1.82, 2.24) is 5.32 Å². The number of hydrogen-bond donors (Lipinski definition) is 2. The molecule has 0 radical (unpaired) electrons. The molecule has 0 atom stereocenters. The van der Waals surface area contributed by atoms with Crippen LogP contribution in [0.15, 0.2) is 18.2 Å². The number of benzene rings is 1. The van der Waals surface area contributed by atoms with Crippen molar-refractivity contribution in [3.8, 4) is 0 Å². The van der Waals surface area contributed by atoms with Crippen molar-refractivity contribution in [2.24, 2.45) is 5.73 Å². The second kappa shape index (κ2) is 5.04. The Morgan fingerprint density at radius 2 is 2.06 bits per heavy atom. The van der Waals surface area contributed by atoms with Gasteiger partial charge in [-0.15, -0.1) is 0 Å². The van der Waals surface area contributed by atoms with Gasteiger partial charge in [0.15, 0.2) is 0 Å². The number of hydrogen-bond acceptors (Lipinski definition) is 2. The van der Waals surface area contributed by atoms with Gasteiger partial charge in [0.05, 0.1) is 5.54 Å². The summed E-state index contributed by atoms with van der Waals surface area (Å²) in [4.78, 5) is 11.1. The molecule has 1 rings (SSSR count). The maximum absolute atomic E-state index is 11.1. The minimum absolute atomic E-state index is 0.411. The Kier molecular flexibility index (Phi) is 4.19. The van der Waals surface area contributed by atoms with E-state index in [4.69, 9.17) is 28.9 Å². The third-order valence-electron chi connectivity index (χ3n) is 2.34. The van der Waals surface area contributed by atoms with Crippen LogP contribution < -0.4 is 11.1 Å². The minimum atomic E-state index is -0.772. The van der Waals surface area contributed by atoms with Crippen molar-refractivity contribution in [3.63, 3.8) is 0 Å². The predicted molar refractivity (Wildman–Crippen MR) is 66.6 cm³/mol. The second-order valence-corrected chi connectivity index (χ2v) is 4.92. The number of amides is 1. The second-order valence-electron chi connectivity index (χ2n) is 4.08. The predicted octanol–water partition coefficient (Wildman–Crippen LogP) is 2.35. The normalized spacial score (nSPS) is 11.5. The molecule has 0 aliphatic heterocycles. The van der Waals surface area contributed by atoms with Crippen LogP contribution in [0.4, 0.5) is 0 Å². The first-order chi connectivity index (χ1) is 7.33. The number of primary amides is 1. The molecule has 5 heteroatoms. The summed E-state index contributed by atoms with van der Waals surface area (Å²) in [5, 5.41) is 4.24. The lowest BCUT2D eigenvalue weighted by Crippen LogP contribution is -2.50. The molecule has 0 aliphatic rings. The lowest BCUT2D eigenvalue weighted by Gasteiger charge is -2.22. The van der Waals surface area contributed by atoms with E-state index >= 15 is 0 Å². The zero-order chi connectivity index (χ0) is 12.3. The van der Waals surface area contributed by atoms with Crippen LogP contribution >= 0.6 is 23.2 Å². The molecule has 0 saturated heterocycles. The number of carbonyl (C=O) groups is 1. The molecule has 1 amide bonds. The summed E-state index contributed by atoms with van der Waals surface area (Å²) in [6.45, 7) is 3.87. The summed E-state index contributed by atoms with van der Waals surface area (Å²) in [5.74, 6) is -0.411. The Bertz CT molecular complexity index is 405. The van der Waals surface area contributed by atoms with Gasteiger partial charge in [0.1, 0.15) is 0 Å². The van der Waals surface area contributed by atoms with Gasteiger partial charge in [-0.2, -0.15) is 0 Å². The smallest absolute Gasteiger partial charge is 0.237 e. The Morgan fingerprint density at radius 3 is 2.62 bits per heavy atom. The topological polar surface area (TPSA) is 55.1 Å². The van der Waals surface area contributed by atoms with E-state index < -0.39 is 11.4 Å². The van der Waals surface area contributed by atoms with E-state index in [1.807, 2.05) is 0 Å². The van der Waals surface area contributed by atoms with Gasteiger partial charge in [-0.3, -0.25) is 10.1 Å². The Labute approximate surface area is 105 Å². The molecule has 3 nitrogen and oxygen atoms in total. The fourth-order valence-electron chi connectivity index (χ4n) is 1.08. The van der Waals surface area contributed by atoms with Gasteiger partial charge in [0.2, 0.25) is 5.91 Å². The van der Waals surface area contributed by atoms with Crippen LogP contribution in [-0.2, 0) is 11.3 Å². The van der Waals surface area contributed by atoms with Crippen molar-refractivity contribution in [2.45, 2.75) is 25.9 Å². The van der Waals surface area contributed by atoms with E-state index in [0.717, 1.165) is 5.56 Å². The molecule has 0 bridgehead atoms. The van der Waals surface area contributed by atoms with Gasteiger partial charge in [-0.1, -0.05) is 23.2 Å². The largest absolute Gasteiger partial charge is 0.368 e. The molecule has 88 valence electrons. The van der Waals surface area contributed by atoms with Gasteiger partial charge < -0.3 is 5.73 Å². The highest BCUT2D eigenvalue weighted by atomic mass is 35.5. The van der Waals surface area contributed by atoms with Crippen molar-refractivity contribution in [3.05, 3.63) is 33.8 Å². The first-order valence-electron chi connectivity index (χ1n) is 4.82. The monoisotopic (exact) mass is 260 g/mol. The quantitative estimate of drug-likeness (QED) is 0.874. The van der Waals surface area contributed by atoms with Crippen molar-refractivity contribution >= 4 is 29.1 Å². The highest BCUT2D eigenvalue weighted by molar-refractivity contribution is 6.33. The summed E-state index contributed by atoms with van der Waals surface area (Å²) < 4.78 is 0. The highest BCUT2D eigenvalue weighted by Gasteiger charge is 2.23. The molecule has 0 heterocycles. The SMILES string of the molecule is CC(C)(NCc1cc(Cl)ccc1Cl)C(N)=O. The van der Waals surface area contributed by atoms with Gasteiger partial charge >= 0.3 is 0 Å². The van der Waals surface area contributed by atoms with Gasteiger partial charge in [-0.05, 0) is 37.6 Å². The molecule has 0 unspecified atom stereocenters. The van der Waals surface area contributed by atoms with E-state index in [-0.39, 0.29) is 0 Å². The first-order valence-corrected chi connectivity index (χ1v) is 5.57. The van der Waals surface area contributed by atoms with Crippen LogP contribution in [0.1, 0.15) is 19.4 Å². The van der Waals surface area contributed by atoms with Crippen LogP contribution in [0.25, 0.3) is 0 Å². The summed E-state index contributed by atoms with van der Waals surface area (Å²) in [6.07, 6.45) is 0. The summed E-state index contributed by atoms with van der Waals surface area (Å²) in [7, 11) is 0. The molecule has 16 heavy (non-hydrogen) atoms. The Hall–Kier alpha value is -0.770. The Morgan fingerprint density at radius 1 is 1.44 bits per heavy atom. The third-order valence-corrected chi connectivity index (χ3v) is 2.95. The van der Waals surface area contributed by atoms with E-state index in [0.29, 0.717) is 16.6 Å². The summed E-state index contributed by atoms with van der Waals surface area (Å²) in [5.41, 5.74) is 5.31. The zero-order valence-electron chi connectivity index (χ0n) is 9.18. The maximum Gasteiger partial charge on any atom is 0.237 e. The molecule has 0 aromatic heterocycles. The van der Waals surface area contributed by atoms with Crippen LogP contribution in [0.5, 0.6) is 0 Å². The van der Waals surface area contributed by atoms with Crippen LogP contribution in [-0.4, -0.2) is 11.4 Å². The standard InChI is InChI=1S/C11H14Cl2N2O/c1-11(2,10(14)16)15-6-7-5-8(12)3-4-9(7)13/h3-5,15H,6H2,1-2H3,(H2,14,16). The van der Waals surface area contributed by atoms with Crippen LogP contribution in [0, 0.1) is 0 Å². The molecule has 0 spiro atoms. The van der Waals surface area contributed by atoms with Crippen LogP contribution in [0.2, 0.25) is 10.0 Å². The first kappa shape index (κ1) is 13.3. The average Bonchev–Trinajstić information content (AvgIpc) is 2.19. The van der Waals surface area contributed by atoms with E-state index in [1.54, 1.807) is 32.0 Å². The molecule has 1 aromatic rings. The average molecular weight is 261 g/mol. The highest BCUT2D eigenvalue weighted by Crippen LogP contribution is 2.21. The van der Waals surface area contributed by atoms with E-state index in [2.05, 4.69) is 5.32 Å². The van der Waals surface area contributed by atoms with E-state index in [1.165, 1.54) is 0 Å². The Balaban J connectivity index is 2.75. The molecular weight excluding hydrogens is 247 g/mol. The van der Waals surface area contributed by atoms with Gasteiger partial charge in [-0.25, -0.2) is 0 Å². The number of carbonyl (C=O) groups excluding carboxylic acids is 1. The molecule has 0 aliphatic carbocycles. The van der Waals surface area contributed by atoms with Crippen molar-refractivity contribution < 1.29 is 4.79 Å².